The highest BCUT2D eigenvalue weighted by molar-refractivity contribution is 6.25. The first-order chi connectivity index (χ1) is 45.7. The van der Waals surface area contributed by atoms with Crippen molar-refractivity contribution in [3.05, 3.63) is 298 Å². The van der Waals surface area contributed by atoms with Crippen molar-refractivity contribution in [2.45, 2.75) is 105 Å². The SMILES string of the molecule is Cc1cc(-c2ccc(-c3ccc4c(c3)C(C)(C)c3cc(-c5ccc6c(c5)C(C)(C)c5cc(-c7ccc(-c8ccc(-c9ccc(-c%10ccc%11ccc%12cc(C(C)(C)C)cc%13ccc%10c%11c%12%13)cc9)cc8)cc7)ccc5-6)ccc3-4)cc2)c2ccc3c4c2c1CC=C4CC(C(C)(C)C)=C3. The minimum absolute atomic E-state index is 0.0930. The van der Waals surface area contributed by atoms with Gasteiger partial charge in [0.25, 0.3) is 0 Å². The van der Waals surface area contributed by atoms with Crippen LogP contribution in [0.1, 0.15) is 126 Å². The smallest absolute Gasteiger partial charge is 0.0159 e. The van der Waals surface area contributed by atoms with Crippen LogP contribution >= 0.6 is 0 Å². The van der Waals surface area contributed by atoms with E-state index in [2.05, 4.69) is 325 Å². The molecule has 0 aromatic heterocycles. The lowest BCUT2D eigenvalue weighted by atomic mass is 9.72. The number of benzene rings is 14. The average Bonchev–Trinajstić information content (AvgIpc) is 1.58. The summed E-state index contributed by atoms with van der Waals surface area (Å²) in [7, 11) is 0. The normalized spacial score (nSPS) is 14.9. The Kier molecular flexibility index (Phi) is 12.4. The highest BCUT2D eigenvalue weighted by Gasteiger charge is 2.39. The van der Waals surface area contributed by atoms with Crippen molar-refractivity contribution < 1.29 is 0 Å². The second kappa shape index (κ2) is 20.4. The van der Waals surface area contributed by atoms with Crippen molar-refractivity contribution in [2.75, 3.05) is 0 Å². The van der Waals surface area contributed by atoms with Gasteiger partial charge in [0.15, 0.2) is 0 Å². The van der Waals surface area contributed by atoms with E-state index in [1.54, 1.807) is 0 Å². The molecule has 95 heavy (non-hydrogen) atoms. The van der Waals surface area contributed by atoms with Crippen LogP contribution in [0.25, 0.3) is 155 Å². The minimum atomic E-state index is -0.167. The lowest BCUT2D eigenvalue weighted by Gasteiger charge is -2.32. The Morgan fingerprint density at radius 1 is 0.316 bits per heavy atom. The van der Waals surface area contributed by atoms with Gasteiger partial charge in [-0.25, -0.2) is 0 Å². The van der Waals surface area contributed by atoms with Gasteiger partial charge in [-0.05, 0) is 254 Å². The van der Waals surface area contributed by atoms with Crippen LogP contribution in [0.15, 0.2) is 248 Å². The van der Waals surface area contributed by atoms with E-state index < -0.39 is 0 Å². The van der Waals surface area contributed by atoms with Crippen molar-refractivity contribution in [1.82, 2.24) is 0 Å². The lowest BCUT2D eigenvalue weighted by Crippen LogP contribution is -2.15. The second-order valence-corrected chi connectivity index (χ2v) is 31.2. The largest absolute Gasteiger partial charge is 0.0759 e. The van der Waals surface area contributed by atoms with Gasteiger partial charge in [0, 0.05) is 10.8 Å². The number of fused-ring (bicyclic) bond motifs is 6. The number of hydrogen-bond donors (Lipinski definition) is 0. The molecule has 14 aromatic rings. The summed E-state index contributed by atoms with van der Waals surface area (Å²) < 4.78 is 0. The zero-order chi connectivity index (χ0) is 64.8. The van der Waals surface area contributed by atoms with Gasteiger partial charge in [0.2, 0.25) is 0 Å². The van der Waals surface area contributed by atoms with Crippen LogP contribution in [0.2, 0.25) is 0 Å². The average molecular weight is 1220 g/mol. The zero-order valence-corrected chi connectivity index (χ0v) is 56.6. The second-order valence-electron chi connectivity index (χ2n) is 31.2. The van der Waals surface area contributed by atoms with Crippen LogP contribution in [0.5, 0.6) is 0 Å². The Morgan fingerprint density at radius 3 is 1.15 bits per heavy atom. The maximum Gasteiger partial charge on any atom is 0.0159 e. The Hall–Kier alpha value is -10.1. The molecule has 0 aliphatic heterocycles. The van der Waals surface area contributed by atoms with Gasteiger partial charge in [0.05, 0.1) is 0 Å². The van der Waals surface area contributed by atoms with Crippen LogP contribution in [0.4, 0.5) is 0 Å². The number of hydrogen-bond acceptors (Lipinski definition) is 0. The molecule has 0 heterocycles. The number of allylic oxidation sites excluding steroid dienone is 3. The summed E-state index contributed by atoms with van der Waals surface area (Å²) >= 11 is 0. The van der Waals surface area contributed by atoms with Crippen molar-refractivity contribution >= 4 is 54.7 Å². The maximum atomic E-state index is 2.51. The van der Waals surface area contributed by atoms with E-state index >= 15 is 0 Å². The van der Waals surface area contributed by atoms with Gasteiger partial charge in [-0.1, -0.05) is 299 Å². The molecule has 0 saturated carbocycles. The van der Waals surface area contributed by atoms with Crippen LogP contribution in [-0.2, 0) is 22.7 Å². The summed E-state index contributed by atoms with van der Waals surface area (Å²) in [5.74, 6) is 0. The Labute approximate surface area is 560 Å². The third-order valence-corrected chi connectivity index (χ3v) is 22.9. The standard InChI is InChI=1S/C95H78/c1-55-46-83(82-45-37-72-50-74(93(5,6)7)49-71-35-38-75(55)91(82)89(71)72)63-26-22-61(23-27-63)66-32-41-78-80-43-34-68(54-87(80)95(10,11)85(78)52-66)67-33-42-79-77-40-31-65(51-84(77)94(8,9)86(79)53-67)60-18-16-58(17-19-60)56-12-14-57(15-13-56)59-20-24-62(25-21-59)76-39-30-64-28-29-69-47-73(92(2,3)4)48-70-36-44-81(76)90(64)88(69)70/h12-37,39-48,50-54H,38,49H2,1-11H3. The van der Waals surface area contributed by atoms with E-state index in [0.29, 0.717) is 0 Å². The van der Waals surface area contributed by atoms with Gasteiger partial charge in [-0.2, -0.15) is 0 Å². The molecule has 0 saturated heterocycles. The summed E-state index contributed by atoms with van der Waals surface area (Å²) in [6, 6.07) is 91.4. The van der Waals surface area contributed by atoms with E-state index in [0.717, 1.165) is 12.8 Å². The molecular formula is C95H78. The Balaban J connectivity index is 0.564. The molecule has 0 atom stereocenters. The molecule has 458 valence electrons. The van der Waals surface area contributed by atoms with Gasteiger partial charge < -0.3 is 0 Å². The molecule has 0 nitrogen and oxygen atoms in total. The van der Waals surface area contributed by atoms with Crippen LogP contribution in [-0.4, -0.2) is 0 Å². The Morgan fingerprint density at radius 2 is 0.684 bits per heavy atom. The topological polar surface area (TPSA) is 0 Å². The van der Waals surface area contributed by atoms with E-state index in [4.69, 9.17) is 0 Å². The monoisotopic (exact) mass is 1220 g/mol. The van der Waals surface area contributed by atoms with E-state index in [1.165, 1.54) is 204 Å². The fourth-order valence-electron chi connectivity index (χ4n) is 17.2. The lowest BCUT2D eigenvalue weighted by molar-refractivity contribution is 0.498. The molecule has 14 aromatic carbocycles. The third-order valence-electron chi connectivity index (χ3n) is 22.9. The predicted molar refractivity (Wildman–Crippen MR) is 408 cm³/mol. The molecule has 0 unspecified atom stereocenters. The molecular weight excluding hydrogens is 1140 g/mol. The van der Waals surface area contributed by atoms with Crippen LogP contribution in [0.3, 0.4) is 0 Å². The van der Waals surface area contributed by atoms with Gasteiger partial charge in [-0.15, -0.1) is 0 Å². The van der Waals surface area contributed by atoms with E-state index in [1.807, 2.05) is 0 Å². The summed E-state index contributed by atoms with van der Waals surface area (Å²) in [6.07, 6.45) is 7.04. The summed E-state index contributed by atoms with van der Waals surface area (Å²) in [6.45, 7) is 25.9. The summed E-state index contributed by atoms with van der Waals surface area (Å²) in [5.41, 5.74) is 38.5. The summed E-state index contributed by atoms with van der Waals surface area (Å²) in [4.78, 5) is 0. The van der Waals surface area contributed by atoms with Crippen molar-refractivity contribution in [3.8, 4) is 100 Å². The predicted octanol–water partition coefficient (Wildman–Crippen LogP) is 26.4. The molecule has 4 aliphatic rings. The quantitative estimate of drug-likeness (QED) is 0.140. The first kappa shape index (κ1) is 57.5. The van der Waals surface area contributed by atoms with Gasteiger partial charge in [-0.3, -0.25) is 0 Å². The number of rotatable bonds is 7. The van der Waals surface area contributed by atoms with E-state index in [-0.39, 0.29) is 21.7 Å². The molecule has 0 bridgehead atoms. The van der Waals surface area contributed by atoms with Crippen molar-refractivity contribution in [3.63, 3.8) is 0 Å². The minimum Gasteiger partial charge on any atom is -0.0759 e. The molecule has 18 rings (SSSR count). The van der Waals surface area contributed by atoms with Crippen LogP contribution in [0, 0.1) is 12.3 Å². The van der Waals surface area contributed by atoms with E-state index in [9.17, 15) is 0 Å². The Bertz CT molecular complexity index is 5640. The van der Waals surface area contributed by atoms with Crippen LogP contribution < -0.4 is 0 Å². The number of aryl methyl sites for hydroxylation is 1. The summed E-state index contributed by atoms with van der Waals surface area (Å²) in [5, 5.41) is 10.8. The van der Waals surface area contributed by atoms with Gasteiger partial charge >= 0.3 is 0 Å². The molecule has 0 amide bonds. The highest BCUT2D eigenvalue weighted by atomic mass is 14.4. The third kappa shape index (κ3) is 8.93. The molecule has 0 fully saturated rings. The molecule has 0 radical (unpaired) electrons. The molecule has 0 spiro atoms. The van der Waals surface area contributed by atoms with Crippen molar-refractivity contribution in [1.29, 1.82) is 0 Å². The first-order valence-corrected chi connectivity index (χ1v) is 34.4. The molecule has 0 N–H and O–H groups in total. The highest BCUT2D eigenvalue weighted by Crippen LogP contribution is 2.55. The fraction of sp³-hybridized carbons (Fsp3) is 0.179. The van der Waals surface area contributed by atoms with Crippen molar-refractivity contribution in [2.24, 2.45) is 5.41 Å². The molecule has 4 aliphatic carbocycles. The maximum absolute atomic E-state index is 2.51. The molecule has 0 heteroatoms. The first-order valence-electron chi connectivity index (χ1n) is 34.4. The zero-order valence-electron chi connectivity index (χ0n) is 56.6. The fourth-order valence-corrected chi connectivity index (χ4v) is 17.2. The van der Waals surface area contributed by atoms with Gasteiger partial charge in [0.1, 0.15) is 0 Å².